The number of nitrogens with one attached hydrogen (secondary N) is 8. The molecule has 0 bridgehead atoms. The highest BCUT2D eigenvalue weighted by Crippen LogP contribution is 2.21. The van der Waals surface area contributed by atoms with E-state index in [1.165, 1.54) is 13.8 Å². The summed E-state index contributed by atoms with van der Waals surface area (Å²) in [6.45, 7) is 4.65. The van der Waals surface area contributed by atoms with Crippen LogP contribution in [0.15, 0.2) is 60.7 Å². The number of thiol groups is 1. The van der Waals surface area contributed by atoms with Crippen LogP contribution >= 0.6 is 12.6 Å². The van der Waals surface area contributed by atoms with E-state index in [-0.39, 0.29) is 44.4 Å². The number of likely N-dealkylation sites (tertiary alicyclic amines) is 1. The van der Waals surface area contributed by atoms with Crippen molar-refractivity contribution in [1.29, 1.82) is 0 Å². The average Bonchev–Trinajstić information content (AvgIpc) is 3.98. The number of aliphatic hydroxyl groups is 3. The van der Waals surface area contributed by atoms with Gasteiger partial charge < -0.3 is 85.1 Å². The van der Waals surface area contributed by atoms with Gasteiger partial charge in [0, 0.05) is 31.6 Å². The zero-order valence-electron chi connectivity index (χ0n) is 45.4. The van der Waals surface area contributed by atoms with Gasteiger partial charge in [-0.2, -0.15) is 12.6 Å². The maximum Gasteiger partial charge on any atom is 0.327 e. The number of carbonyl (C=O) groups excluding carboxylic acids is 11. The highest BCUT2D eigenvalue weighted by Gasteiger charge is 2.41. The lowest BCUT2D eigenvalue weighted by atomic mass is 9.96. The van der Waals surface area contributed by atoms with Crippen molar-refractivity contribution in [3.63, 3.8) is 0 Å². The maximum atomic E-state index is 14.8. The lowest BCUT2D eigenvalue weighted by Gasteiger charge is -2.32. The van der Waals surface area contributed by atoms with Crippen LogP contribution < -0.4 is 59.7 Å². The van der Waals surface area contributed by atoms with Gasteiger partial charge in [-0.25, -0.2) is 4.79 Å². The molecule has 0 aliphatic carbocycles. The smallest absolute Gasteiger partial charge is 0.327 e. The molecule has 28 nitrogen and oxygen atoms in total. The number of primary amides is 2. The Morgan fingerprint density at radius 1 is 0.605 bits per heavy atom. The number of benzene rings is 2. The monoisotopic (exact) mass is 1160 g/mol. The van der Waals surface area contributed by atoms with Crippen molar-refractivity contribution in [2.75, 3.05) is 18.9 Å². The molecule has 13 atom stereocenters. The molecule has 2 aromatic rings. The molecule has 3 rings (SSSR count). The van der Waals surface area contributed by atoms with E-state index in [1.54, 1.807) is 74.5 Å². The molecule has 0 spiro atoms. The minimum absolute atomic E-state index is 0.0352. The number of carbonyl (C=O) groups is 12. The molecule has 1 saturated heterocycles. The summed E-state index contributed by atoms with van der Waals surface area (Å²) in [6.07, 6.45) is -4.45. The molecule has 1 heterocycles. The Labute approximate surface area is 473 Å². The van der Waals surface area contributed by atoms with Crippen LogP contribution in [0.2, 0.25) is 0 Å². The van der Waals surface area contributed by atoms with Crippen LogP contribution in [0.3, 0.4) is 0 Å². The van der Waals surface area contributed by atoms with Crippen molar-refractivity contribution < 1.29 is 78.0 Å². The number of rotatable bonds is 33. The first-order chi connectivity index (χ1) is 38.2. The van der Waals surface area contributed by atoms with Gasteiger partial charge in [0.05, 0.1) is 25.2 Å². The first-order valence-electron chi connectivity index (χ1n) is 26.2. The van der Waals surface area contributed by atoms with E-state index in [0.717, 1.165) is 4.90 Å². The Hall–Kier alpha value is -7.73. The van der Waals surface area contributed by atoms with Gasteiger partial charge in [0.15, 0.2) is 0 Å². The predicted octanol–water partition coefficient (Wildman–Crippen LogP) is -5.38. The van der Waals surface area contributed by atoms with Gasteiger partial charge in [-0.3, -0.25) is 52.7 Å². The van der Waals surface area contributed by atoms with Gasteiger partial charge in [0.25, 0.3) is 0 Å². The summed E-state index contributed by atoms with van der Waals surface area (Å²) in [6, 6.07) is 1.03. The van der Waals surface area contributed by atoms with Gasteiger partial charge >= 0.3 is 5.97 Å². The van der Waals surface area contributed by atoms with Crippen molar-refractivity contribution in [2.45, 2.75) is 152 Å². The summed E-state index contributed by atoms with van der Waals surface area (Å²) < 4.78 is 0. The highest BCUT2D eigenvalue weighted by atomic mass is 32.1. The third kappa shape index (κ3) is 21.4. The van der Waals surface area contributed by atoms with Gasteiger partial charge in [0.1, 0.15) is 60.4 Å². The minimum Gasteiger partial charge on any atom is -0.480 e. The molecular formula is C52H76N12O16S. The number of nitrogens with two attached hydrogens (primary N) is 3. The Balaban J connectivity index is 1.94. The Morgan fingerprint density at radius 2 is 1.09 bits per heavy atom. The van der Waals surface area contributed by atoms with Crippen LogP contribution in [-0.2, 0) is 70.4 Å². The summed E-state index contributed by atoms with van der Waals surface area (Å²) in [5, 5.41) is 58.9. The number of carboxylic acid groups (broad SMARTS) is 1. The SMILES string of the molecule is CC[C@H](C)[C@H](NC(=O)[C@H](CCC(N)=O)NC(=O)[C@@H]1CCCN1C(=O)[C@H](Cc1ccccc1)NC(=O)[C@H](CC(N)=O)NC(=O)[C@H](Cc1ccccc1)NC(=O)[C@H](CO)NC(=O)[C@@H](N)[C@@H](C)O)C(=O)N[C@H](C(=O)N[C@@H](CS)C(=O)O)[C@@H](C)O. The molecule has 0 aromatic heterocycles. The summed E-state index contributed by atoms with van der Waals surface area (Å²) in [5.74, 6) is -13.3. The molecule has 446 valence electrons. The molecule has 1 aliphatic heterocycles. The fourth-order valence-corrected chi connectivity index (χ4v) is 8.64. The van der Waals surface area contributed by atoms with Crippen molar-refractivity contribution in [1.82, 2.24) is 47.4 Å². The van der Waals surface area contributed by atoms with Crippen LogP contribution in [0.25, 0.3) is 0 Å². The van der Waals surface area contributed by atoms with E-state index in [9.17, 15) is 78.0 Å². The molecule has 11 amide bonds. The molecule has 18 N–H and O–H groups in total. The second-order valence-electron chi connectivity index (χ2n) is 19.7. The molecule has 2 aromatic carbocycles. The van der Waals surface area contributed by atoms with Gasteiger partial charge in [-0.15, -0.1) is 0 Å². The van der Waals surface area contributed by atoms with Crippen LogP contribution in [-0.4, -0.2) is 188 Å². The van der Waals surface area contributed by atoms with E-state index in [4.69, 9.17) is 17.2 Å². The van der Waals surface area contributed by atoms with E-state index in [2.05, 4.69) is 55.2 Å². The lowest BCUT2D eigenvalue weighted by Crippen LogP contribution is -2.62. The van der Waals surface area contributed by atoms with Crippen molar-refractivity contribution >= 4 is 83.6 Å². The fraction of sp³-hybridized carbons (Fsp3) is 0.538. The van der Waals surface area contributed by atoms with E-state index in [1.807, 2.05) is 0 Å². The molecule has 81 heavy (non-hydrogen) atoms. The zero-order chi connectivity index (χ0) is 60.7. The largest absolute Gasteiger partial charge is 0.480 e. The minimum atomic E-state index is -1.80. The topological polar surface area (TPSA) is 463 Å². The van der Waals surface area contributed by atoms with Gasteiger partial charge in [-0.05, 0) is 50.2 Å². The van der Waals surface area contributed by atoms with E-state index < -0.39 is 175 Å². The number of hydrogen-bond acceptors (Lipinski definition) is 17. The Kier molecular flexibility index (Phi) is 27.6. The normalized spacial score (nSPS) is 17.4. The number of hydrogen-bond donors (Lipinski definition) is 16. The van der Waals surface area contributed by atoms with Crippen LogP contribution in [0.5, 0.6) is 0 Å². The Morgan fingerprint density at radius 3 is 1.59 bits per heavy atom. The van der Waals surface area contributed by atoms with Crippen LogP contribution in [0.4, 0.5) is 0 Å². The number of aliphatic hydroxyl groups excluding tert-OH is 3. The van der Waals surface area contributed by atoms with Crippen LogP contribution in [0.1, 0.15) is 77.3 Å². The molecule has 1 aliphatic rings. The predicted molar refractivity (Wildman–Crippen MR) is 292 cm³/mol. The average molecular weight is 1160 g/mol. The van der Waals surface area contributed by atoms with Crippen molar-refractivity contribution in [3.8, 4) is 0 Å². The summed E-state index contributed by atoms with van der Waals surface area (Å²) in [4.78, 5) is 162. The fourth-order valence-electron chi connectivity index (χ4n) is 8.40. The van der Waals surface area contributed by atoms with Gasteiger partial charge in [-0.1, -0.05) is 80.9 Å². The molecule has 1 fully saturated rings. The Bertz CT molecular complexity index is 2530. The van der Waals surface area contributed by atoms with E-state index in [0.29, 0.717) is 11.1 Å². The second-order valence-corrected chi connectivity index (χ2v) is 20.0. The highest BCUT2D eigenvalue weighted by molar-refractivity contribution is 7.80. The second kappa shape index (κ2) is 33.1. The third-order valence-corrected chi connectivity index (χ3v) is 13.7. The van der Waals surface area contributed by atoms with E-state index >= 15 is 0 Å². The summed E-state index contributed by atoms with van der Waals surface area (Å²) in [5.41, 5.74) is 17.7. The quantitative estimate of drug-likeness (QED) is 0.0297. The molecule has 29 heteroatoms. The zero-order valence-corrected chi connectivity index (χ0v) is 46.3. The maximum absolute atomic E-state index is 14.8. The molecule has 0 saturated carbocycles. The number of carboxylic acids is 1. The molecule has 0 radical (unpaired) electrons. The van der Waals surface area contributed by atoms with Crippen molar-refractivity contribution in [3.05, 3.63) is 71.8 Å². The summed E-state index contributed by atoms with van der Waals surface area (Å²) >= 11 is 3.91. The first kappa shape index (κ1) is 67.5. The summed E-state index contributed by atoms with van der Waals surface area (Å²) in [7, 11) is 0. The number of amides is 11. The molecule has 0 unspecified atom stereocenters. The first-order valence-corrected chi connectivity index (χ1v) is 26.8. The lowest BCUT2D eigenvalue weighted by molar-refractivity contribution is -0.143. The molecular weight excluding hydrogens is 1080 g/mol. The number of nitrogens with zero attached hydrogens (tertiary/aromatic N) is 1. The van der Waals surface area contributed by atoms with Crippen molar-refractivity contribution in [2.24, 2.45) is 23.1 Å². The number of aliphatic carboxylic acids is 1. The van der Waals surface area contributed by atoms with Crippen LogP contribution in [0, 0.1) is 5.92 Å². The standard InChI is InChI=1S/C52H76N12O16S/c1-5-26(2)41(49(76)63-42(28(4)67)50(77)61-36(25-81)52(79)80)62-43(70)31(18-19-38(53)68)56-47(74)37-17-12-20-64(37)51(78)34(22-30-15-10-7-11-16-30)59-45(72)33(23-39(54)69)58-44(71)32(21-29-13-8-6-9-14-29)57-46(73)35(24-65)60-48(75)40(55)27(3)66/h6-11,13-16,26-28,31-37,40-42,65-67,81H,5,12,17-25,55H2,1-4H3,(H2,53,68)(H2,54,69)(H,56,74)(H,57,73)(H,58,71)(H,59,72)(H,60,75)(H,61,77)(H,62,70)(H,63,76)(H,79,80)/t26-,27+,28+,31-,32-,33-,34-,35-,36-,37-,40-,41-,42-/m0/s1. The third-order valence-electron chi connectivity index (χ3n) is 13.3. The van der Waals surface area contributed by atoms with Gasteiger partial charge in [0.2, 0.25) is 65.0 Å².